The minimum Gasteiger partial charge on any atom is -0.465 e. The molecule has 0 bridgehead atoms. The number of hydrogen-bond donors (Lipinski definition) is 0. The van der Waals surface area contributed by atoms with Gasteiger partial charge in [0.15, 0.2) is 15.1 Å². The van der Waals surface area contributed by atoms with Crippen LogP contribution in [0.15, 0.2) is 36.4 Å². The molecule has 0 aliphatic rings. The third kappa shape index (κ3) is 2.96. The lowest BCUT2D eigenvalue weighted by Gasteiger charge is -2.13. The van der Waals surface area contributed by atoms with E-state index in [2.05, 4.69) is 4.98 Å². The number of sulfone groups is 1. The lowest BCUT2D eigenvalue weighted by Crippen LogP contribution is -2.24. The first-order valence-corrected chi connectivity index (χ1v) is 8.10. The lowest BCUT2D eigenvalue weighted by molar-refractivity contribution is -0.142. The number of benzene rings is 1. The van der Waals surface area contributed by atoms with Crippen molar-refractivity contribution < 1.29 is 17.9 Å². The first-order valence-electron chi connectivity index (χ1n) is 6.14. The summed E-state index contributed by atoms with van der Waals surface area (Å²) in [6.45, 7) is 1.75. The summed E-state index contributed by atoms with van der Waals surface area (Å²) in [6, 6.07) is 10.6. The number of carbonyl (C=O) groups is 1. The Bertz CT molecular complexity index is 740. The molecule has 0 aliphatic carbocycles. The molecule has 0 saturated heterocycles. The highest BCUT2D eigenvalue weighted by Gasteiger charge is 2.33. The third-order valence-corrected chi connectivity index (χ3v) is 4.11. The molecule has 1 aromatic heterocycles. The summed E-state index contributed by atoms with van der Waals surface area (Å²) in [5, 5.41) is -0.501. The second-order valence-corrected chi connectivity index (χ2v) is 6.52. The van der Waals surface area contributed by atoms with Gasteiger partial charge in [-0.3, -0.25) is 9.78 Å². The normalized spacial score (nSPS) is 13.1. The Balaban J connectivity index is 2.54. The summed E-state index contributed by atoms with van der Waals surface area (Å²) in [5.74, 6) is -0.794. The fourth-order valence-electron chi connectivity index (χ4n) is 1.96. The van der Waals surface area contributed by atoms with Gasteiger partial charge in [0.05, 0.1) is 17.8 Å². The second-order valence-electron chi connectivity index (χ2n) is 4.39. The summed E-state index contributed by atoms with van der Waals surface area (Å²) < 4.78 is 28.5. The van der Waals surface area contributed by atoms with Crippen LogP contribution in [-0.2, 0) is 19.4 Å². The molecule has 1 atom stereocenters. The highest BCUT2D eigenvalue weighted by Crippen LogP contribution is 2.24. The Labute approximate surface area is 117 Å². The van der Waals surface area contributed by atoms with Crippen molar-refractivity contribution in [3.8, 4) is 0 Å². The van der Waals surface area contributed by atoms with Gasteiger partial charge < -0.3 is 4.74 Å². The average molecular weight is 293 g/mol. The van der Waals surface area contributed by atoms with Crippen molar-refractivity contribution in [3.63, 3.8) is 0 Å². The van der Waals surface area contributed by atoms with Crippen molar-refractivity contribution in [2.75, 3.05) is 12.9 Å². The van der Waals surface area contributed by atoms with Gasteiger partial charge in [-0.05, 0) is 19.1 Å². The fourth-order valence-corrected chi connectivity index (χ4v) is 2.95. The summed E-state index contributed by atoms with van der Waals surface area (Å²) in [4.78, 5) is 16.2. The van der Waals surface area contributed by atoms with Gasteiger partial charge in [-0.1, -0.05) is 24.3 Å². The smallest absolute Gasteiger partial charge is 0.330 e. The van der Waals surface area contributed by atoms with Gasteiger partial charge in [-0.15, -0.1) is 0 Å². The third-order valence-electron chi connectivity index (χ3n) is 2.82. The molecule has 2 rings (SSSR count). The van der Waals surface area contributed by atoms with Gasteiger partial charge >= 0.3 is 5.97 Å². The maximum atomic E-state index is 11.9. The molecule has 5 nitrogen and oxygen atoms in total. The van der Waals surface area contributed by atoms with Crippen LogP contribution in [0, 0.1) is 0 Å². The van der Waals surface area contributed by atoms with Crippen LogP contribution in [0.25, 0.3) is 10.9 Å². The summed E-state index contributed by atoms with van der Waals surface area (Å²) in [6.07, 6.45) is 1.01. The van der Waals surface area contributed by atoms with E-state index in [4.69, 9.17) is 4.74 Å². The Morgan fingerprint density at radius 2 is 1.95 bits per heavy atom. The molecule has 0 N–H and O–H groups in total. The topological polar surface area (TPSA) is 73.3 Å². The summed E-state index contributed by atoms with van der Waals surface area (Å²) in [5.41, 5.74) is 0.826. The largest absolute Gasteiger partial charge is 0.465 e. The minimum atomic E-state index is -3.65. The Morgan fingerprint density at radius 1 is 1.25 bits per heavy atom. The van der Waals surface area contributed by atoms with Crippen molar-refractivity contribution in [1.29, 1.82) is 0 Å². The van der Waals surface area contributed by atoms with E-state index in [-0.39, 0.29) is 12.3 Å². The molecule has 6 heteroatoms. The number of pyridine rings is 1. The van der Waals surface area contributed by atoms with Crippen LogP contribution in [0.4, 0.5) is 0 Å². The monoisotopic (exact) mass is 293 g/mol. The molecule has 2 aromatic rings. The average Bonchev–Trinajstić information content (AvgIpc) is 2.37. The van der Waals surface area contributed by atoms with Crippen LogP contribution in [0.3, 0.4) is 0 Å². The van der Waals surface area contributed by atoms with Crippen molar-refractivity contribution in [2.45, 2.75) is 12.2 Å². The highest BCUT2D eigenvalue weighted by molar-refractivity contribution is 7.91. The number of fused-ring (bicyclic) bond motifs is 1. The molecule has 1 unspecified atom stereocenters. The van der Waals surface area contributed by atoms with Gasteiger partial charge in [-0.25, -0.2) is 8.42 Å². The fraction of sp³-hybridized carbons (Fsp3) is 0.286. The van der Waals surface area contributed by atoms with Crippen LogP contribution < -0.4 is 0 Å². The van der Waals surface area contributed by atoms with Crippen LogP contribution in [0.2, 0.25) is 0 Å². The molecule has 0 saturated carbocycles. The number of nitrogens with zero attached hydrogens (tertiary/aromatic N) is 1. The first-order chi connectivity index (χ1) is 9.43. The minimum absolute atomic E-state index is 0.123. The van der Waals surface area contributed by atoms with Crippen LogP contribution in [0.1, 0.15) is 17.9 Å². The first kappa shape index (κ1) is 14.5. The van der Waals surface area contributed by atoms with Crippen molar-refractivity contribution in [2.24, 2.45) is 0 Å². The van der Waals surface area contributed by atoms with Crippen LogP contribution >= 0.6 is 0 Å². The molecule has 0 aliphatic heterocycles. The maximum absolute atomic E-state index is 11.9. The van der Waals surface area contributed by atoms with E-state index in [1.54, 1.807) is 31.2 Å². The Hall–Kier alpha value is -1.95. The number of ether oxygens (including phenoxy) is 1. The van der Waals surface area contributed by atoms with Crippen LogP contribution in [0.5, 0.6) is 0 Å². The number of hydrogen-bond acceptors (Lipinski definition) is 5. The predicted molar refractivity (Wildman–Crippen MR) is 76.0 cm³/mol. The summed E-state index contributed by atoms with van der Waals surface area (Å²) in [7, 11) is -3.65. The molecule has 0 amide bonds. The standard InChI is InChI=1S/C14H15NO4S/c1-3-19-14(16)13(20(2,17)18)12-9-8-10-6-4-5-7-11(10)15-12/h4-9,13H,3H2,1-2H3. The van der Waals surface area contributed by atoms with Gasteiger partial charge in [0, 0.05) is 11.6 Å². The van der Waals surface area contributed by atoms with Crippen molar-refractivity contribution in [3.05, 3.63) is 42.1 Å². The molecule has 0 spiro atoms. The quantitative estimate of drug-likeness (QED) is 0.805. The van der Waals surface area contributed by atoms with Crippen molar-refractivity contribution >= 4 is 26.7 Å². The molecule has 1 aromatic carbocycles. The maximum Gasteiger partial charge on any atom is 0.330 e. The number of rotatable bonds is 4. The molecule has 20 heavy (non-hydrogen) atoms. The van der Waals surface area contributed by atoms with E-state index in [9.17, 15) is 13.2 Å². The number of esters is 1. The van der Waals surface area contributed by atoms with E-state index in [0.717, 1.165) is 11.6 Å². The van der Waals surface area contributed by atoms with Gasteiger partial charge in [0.25, 0.3) is 0 Å². The molecular weight excluding hydrogens is 278 g/mol. The van der Waals surface area contributed by atoms with Gasteiger partial charge in [-0.2, -0.15) is 0 Å². The molecular formula is C14H15NO4S. The zero-order valence-electron chi connectivity index (χ0n) is 11.2. The highest BCUT2D eigenvalue weighted by atomic mass is 32.2. The molecule has 1 heterocycles. The van der Waals surface area contributed by atoms with Crippen molar-refractivity contribution in [1.82, 2.24) is 4.98 Å². The van der Waals surface area contributed by atoms with E-state index < -0.39 is 21.1 Å². The lowest BCUT2D eigenvalue weighted by atomic mass is 10.2. The Morgan fingerprint density at radius 3 is 2.60 bits per heavy atom. The van der Waals surface area contributed by atoms with Crippen LogP contribution in [-0.4, -0.2) is 32.2 Å². The van der Waals surface area contributed by atoms with Gasteiger partial charge in [0.1, 0.15) is 0 Å². The molecule has 106 valence electrons. The summed E-state index contributed by atoms with van der Waals surface area (Å²) >= 11 is 0. The zero-order chi connectivity index (χ0) is 14.8. The molecule has 0 radical (unpaired) electrons. The molecule has 0 fully saturated rings. The number of aromatic nitrogens is 1. The predicted octanol–water partition coefficient (Wildman–Crippen LogP) is 1.88. The SMILES string of the molecule is CCOC(=O)C(c1ccc2ccccc2n1)S(C)(=O)=O. The van der Waals surface area contributed by atoms with E-state index in [0.29, 0.717) is 5.52 Å². The van der Waals surface area contributed by atoms with Gasteiger partial charge in [0.2, 0.25) is 0 Å². The van der Waals surface area contributed by atoms with E-state index in [1.165, 1.54) is 0 Å². The number of carbonyl (C=O) groups excluding carboxylic acids is 1. The Kier molecular flexibility index (Phi) is 4.04. The number of para-hydroxylation sites is 1. The van der Waals surface area contributed by atoms with E-state index >= 15 is 0 Å². The second kappa shape index (κ2) is 5.58. The van der Waals surface area contributed by atoms with E-state index in [1.807, 2.05) is 12.1 Å². The zero-order valence-corrected chi connectivity index (χ0v) is 12.1.